The maximum Gasteiger partial charge on any atom is 0.182 e. The molecule has 114 valence electrons. The van der Waals surface area contributed by atoms with Crippen molar-refractivity contribution in [2.75, 3.05) is 5.73 Å². The standard InChI is InChI=1S/C16H25N5/c1-11-9-12(7-8-13(11)17)14-18-19-20-21(14)16(5,6)10-15(2,3)4/h7-9H,10,17H2,1-6H3. The van der Waals surface area contributed by atoms with Gasteiger partial charge in [0.1, 0.15) is 0 Å². The van der Waals surface area contributed by atoms with Gasteiger partial charge in [0.05, 0.1) is 5.54 Å². The van der Waals surface area contributed by atoms with E-state index in [1.807, 2.05) is 29.8 Å². The molecule has 1 aromatic heterocycles. The monoisotopic (exact) mass is 287 g/mol. The van der Waals surface area contributed by atoms with Crippen molar-refractivity contribution in [2.24, 2.45) is 5.41 Å². The van der Waals surface area contributed by atoms with E-state index in [0.29, 0.717) is 0 Å². The molecule has 0 atom stereocenters. The topological polar surface area (TPSA) is 69.6 Å². The molecule has 2 N–H and O–H groups in total. The van der Waals surface area contributed by atoms with E-state index in [0.717, 1.165) is 29.1 Å². The average Bonchev–Trinajstić information content (AvgIpc) is 2.79. The summed E-state index contributed by atoms with van der Waals surface area (Å²) in [5.74, 6) is 0.785. The van der Waals surface area contributed by atoms with Crippen molar-refractivity contribution in [3.05, 3.63) is 23.8 Å². The van der Waals surface area contributed by atoms with Crippen molar-refractivity contribution in [3.8, 4) is 11.4 Å². The molecule has 0 aliphatic rings. The molecule has 5 nitrogen and oxygen atoms in total. The highest BCUT2D eigenvalue weighted by Gasteiger charge is 2.31. The van der Waals surface area contributed by atoms with Crippen LogP contribution in [0, 0.1) is 12.3 Å². The zero-order valence-corrected chi connectivity index (χ0v) is 13.8. The van der Waals surface area contributed by atoms with E-state index in [2.05, 4.69) is 50.1 Å². The minimum atomic E-state index is -0.160. The summed E-state index contributed by atoms with van der Waals surface area (Å²) in [5.41, 5.74) is 8.74. The number of nitrogens with zero attached hydrogens (tertiary/aromatic N) is 4. The number of nitrogen functional groups attached to an aromatic ring is 1. The van der Waals surface area contributed by atoms with Crippen LogP contribution in [0.2, 0.25) is 0 Å². The fourth-order valence-corrected chi connectivity index (χ4v) is 2.96. The molecular weight excluding hydrogens is 262 g/mol. The molecule has 0 bridgehead atoms. The summed E-state index contributed by atoms with van der Waals surface area (Å²) in [6.45, 7) is 13.0. The predicted molar refractivity (Wildman–Crippen MR) is 85.8 cm³/mol. The van der Waals surface area contributed by atoms with E-state index in [1.165, 1.54) is 0 Å². The molecule has 0 aliphatic carbocycles. The smallest absolute Gasteiger partial charge is 0.182 e. The van der Waals surface area contributed by atoms with Crippen LogP contribution >= 0.6 is 0 Å². The second-order valence-corrected chi connectivity index (χ2v) is 7.54. The number of benzene rings is 1. The second kappa shape index (κ2) is 5.13. The van der Waals surface area contributed by atoms with Gasteiger partial charge in [-0.05, 0) is 66.8 Å². The first kappa shape index (κ1) is 15.5. The van der Waals surface area contributed by atoms with Crippen LogP contribution in [-0.2, 0) is 5.54 Å². The van der Waals surface area contributed by atoms with E-state index in [-0.39, 0.29) is 11.0 Å². The molecule has 0 saturated carbocycles. The SMILES string of the molecule is Cc1cc(-c2nnnn2C(C)(C)CC(C)(C)C)ccc1N. The molecule has 1 heterocycles. The number of aromatic nitrogens is 4. The van der Waals surface area contributed by atoms with Crippen LogP contribution in [-0.4, -0.2) is 20.2 Å². The molecule has 0 spiro atoms. The summed E-state index contributed by atoms with van der Waals surface area (Å²) in [6, 6.07) is 5.91. The fraction of sp³-hybridized carbons (Fsp3) is 0.562. The normalized spacial score (nSPS) is 12.7. The number of nitrogens with two attached hydrogens (primary N) is 1. The molecule has 0 amide bonds. The predicted octanol–water partition coefficient (Wildman–Crippen LogP) is 3.40. The molecule has 21 heavy (non-hydrogen) atoms. The Labute approximate surface area is 126 Å². The number of anilines is 1. The van der Waals surface area contributed by atoms with Crippen molar-refractivity contribution in [3.63, 3.8) is 0 Å². The van der Waals surface area contributed by atoms with Crippen LogP contribution in [0.3, 0.4) is 0 Å². The van der Waals surface area contributed by atoms with Gasteiger partial charge in [0.15, 0.2) is 5.82 Å². The van der Waals surface area contributed by atoms with Gasteiger partial charge in [-0.2, -0.15) is 0 Å². The van der Waals surface area contributed by atoms with Crippen molar-refractivity contribution in [1.29, 1.82) is 0 Å². The number of hydrogen-bond acceptors (Lipinski definition) is 4. The number of hydrogen-bond donors (Lipinski definition) is 1. The summed E-state index contributed by atoms with van der Waals surface area (Å²) < 4.78 is 1.92. The molecule has 1 aromatic carbocycles. The highest BCUT2D eigenvalue weighted by atomic mass is 15.6. The first-order chi connectivity index (χ1) is 9.60. The van der Waals surface area contributed by atoms with Gasteiger partial charge < -0.3 is 5.73 Å². The largest absolute Gasteiger partial charge is 0.399 e. The number of rotatable bonds is 3. The van der Waals surface area contributed by atoms with Crippen LogP contribution in [0.4, 0.5) is 5.69 Å². The van der Waals surface area contributed by atoms with E-state index in [9.17, 15) is 0 Å². The Morgan fingerprint density at radius 3 is 2.38 bits per heavy atom. The fourth-order valence-electron chi connectivity index (χ4n) is 2.96. The molecule has 5 heteroatoms. The van der Waals surface area contributed by atoms with Crippen LogP contribution in [0.1, 0.15) is 46.6 Å². The van der Waals surface area contributed by atoms with Crippen molar-refractivity contribution in [1.82, 2.24) is 20.2 Å². The summed E-state index contributed by atoms with van der Waals surface area (Å²) in [7, 11) is 0. The lowest BCUT2D eigenvalue weighted by molar-refractivity contribution is 0.197. The third-order valence-corrected chi connectivity index (χ3v) is 3.53. The van der Waals surface area contributed by atoms with Gasteiger partial charge >= 0.3 is 0 Å². The lowest BCUT2D eigenvalue weighted by Gasteiger charge is -2.32. The number of tetrazole rings is 1. The third-order valence-electron chi connectivity index (χ3n) is 3.53. The Morgan fingerprint density at radius 1 is 1.14 bits per heavy atom. The Kier molecular flexibility index (Phi) is 3.78. The van der Waals surface area contributed by atoms with Crippen LogP contribution < -0.4 is 5.73 Å². The van der Waals surface area contributed by atoms with E-state index in [4.69, 9.17) is 5.73 Å². The van der Waals surface area contributed by atoms with Crippen molar-refractivity contribution in [2.45, 2.75) is 53.5 Å². The van der Waals surface area contributed by atoms with Gasteiger partial charge in [0.2, 0.25) is 0 Å². The van der Waals surface area contributed by atoms with E-state index >= 15 is 0 Å². The highest BCUT2D eigenvalue weighted by Crippen LogP contribution is 2.34. The van der Waals surface area contributed by atoms with Gasteiger partial charge in [-0.15, -0.1) is 5.10 Å². The van der Waals surface area contributed by atoms with Gasteiger partial charge in [0, 0.05) is 11.3 Å². The van der Waals surface area contributed by atoms with Crippen molar-refractivity contribution >= 4 is 5.69 Å². The molecular formula is C16H25N5. The lowest BCUT2D eigenvalue weighted by Crippen LogP contribution is -2.33. The van der Waals surface area contributed by atoms with Gasteiger partial charge in [-0.25, -0.2) is 4.68 Å². The maximum atomic E-state index is 5.89. The molecule has 0 unspecified atom stereocenters. The molecule has 2 rings (SSSR count). The minimum Gasteiger partial charge on any atom is -0.399 e. The Balaban J connectivity index is 2.45. The molecule has 2 aromatic rings. The zero-order chi connectivity index (χ0) is 15.8. The van der Waals surface area contributed by atoms with Crippen LogP contribution in [0.15, 0.2) is 18.2 Å². The van der Waals surface area contributed by atoms with Crippen LogP contribution in [0.5, 0.6) is 0 Å². The summed E-state index contributed by atoms with van der Waals surface area (Å²) in [6.07, 6.45) is 0.978. The van der Waals surface area contributed by atoms with E-state index < -0.39 is 0 Å². The van der Waals surface area contributed by atoms with Gasteiger partial charge in [-0.1, -0.05) is 20.8 Å². The second-order valence-electron chi connectivity index (χ2n) is 7.54. The molecule has 0 fully saturated rings. The van der Waals surface area contributed by atoms with E-state index in [1.54, 1.807) is 0 Å². The Morgan fingerprint density at radius 2 is 1.81 bits per heavy atom. The first-order valence-corrected chi connectivity index (χ1v) is 7.25. The summed E-state index contributed by atoms with van der Waals surface area (Å²) in [5, 5.41) is 12.3. The third kappa shape index (κ3) is 3.40. The number of aryl methyl sites for hydroxylation is 1. The van der Waals surface area contributed by atoms with Crippen molar-refractivity contribution < 1.29 is 0 Å². The molecule has 0 saturated heterocycles. The minimum absolute atomic E-state index is 0.160. The summed E-state index contributed by atoms with van der Waals surface area (Å²) in [4.78, 5) is 0. The van der Waals surface area contributed by atoms with Gasteiger partial charge in [-0.3, -0.25) is 0 Å². The molecule has 0 aliphatic heterocycles. The maximum absolute atomic E-state index is 5.89. The van der Waals surface area contributed by atoms with Gasteiger partial charge in [0.25, 0.3) is 0 Å². The van der Waals surface area contributed by atoms with Crippen LogP contribution in [0.25, 0.3) is 11.4 Å². The lowest BCUT2D eigenvalue weighted by atomic mass is 9.82. The highest BCUT2D eigenvalue weighted by molar-refractivity contribution is 5.62. The zero-order valence-electron chi connectivity index (χ0n) is 13.8. The summed E-state index contributed by atoms with van der Waals surface area (Å²) >= 11 is 0. The Bertz CT molecular complexity index is 634. The molecule has 0 radical (unpaired) electrons. The Hall–Kier alpha value is -1.91. The average molecular weight is 287 g/mol. The first-order valence-electron chi connectivity index (χ1n) is 7.25. The quantitative estimate of drug-likeness (QED) is 0.878.